The Morgan fingerprint density at radius 3 is 3.06 bits per heavy atom. The molecule has 0 aromatic carbocycles. The molecule has 0 saturated carbocycles. The third kappa shape index (κ3) is 1.54. The minimum atomic E-state index is -0.527. The van der Waals surface area contributed by atoms with Crippen LogP contribution in [0.2, 0.25) is 0 Å². The number of hydrogen-bond donors (Lipinski definition) is 0. The van der Waals surface area contributed by atoms with Gasteiger partial charge in [0.05, 0.1) is 5.56 Å². The molecule has 0 unspecified atom stereocenters. The molecule has 0 aliphatic carbocycles. The lowest BCUT2D eigenvalue weighted by Crippen LogP contribution is -1.98. The van der Waals surface area contributed by atoms with E-state index >= 15 is 0 Å². The fraction of sp³-hybridized carbons (Fsp3) is 0.0833. The van der Waals surface area contributed by atoms with Crippen LogP contribution in [0.15, 0.2) is 37.2 Å². The van der Waals surface area contributed by atoms with Crippen LogP contribution in [-0.2, 0) is 11.3 Å². The van der Waals surface area contributed by atoms with Crippen molar-refractivity contribution in [3.8, 4) is 0 Å². The highest BCUT2D eigenvalue weighted by Crippen LogP contribution is 2.19. The van der Waals surface area contributed by atoms with Gasteiger partial charge in [0.15, 0.2) is 6.29 Å². The number of ketones is 1. The maximum atomic E-state index is 11.4. The predicted octanol–water partition coefficient (Wildman–Crippen LogP) is 1.60. The van der Waals surface area contributed by atoms with Crippen LogP contribution in [0.4, 0.5) is 0 Å². The Bertz CT molecular complexity index is 569. The number of fused-ring (bicyclic) bond motifs is 1. The second-order valence-electron chi connectivity index (χ2n) is 3.34. The van der Waals surface area contributed by atoms with E-state index in [4.69, 9.17) is 0 Å². The molecule has 2 aromatic heterocycles. The van der Waals surface area contributed by atoms with Crippen molar-refractivity contribution in [3.63, 3.8) is 0 Å². The fourth-order valence-corrected chi connectivity index (χ4v) is 1.66. The smallest absolute Gasteiger partial charge is 0.227 e. The molecule has 0 bridgehead atoms. The van der Waals surface area contributed by atoms with E-state index < -0.39 is 5.78 Å². The lowest BCUT2D eigenvalue weighted by molar-refractivity contribution is -0.104. The first-order chi connectivity index (χ1) is 7.77. The topological polar surface area (TPSA) is 52.0 Å². The minimum Gasteiger partial charge on any atom is -0.328 e. The Kier molecular flexibility index (Phi) is 2.64. The standard InChI is InChI=1S/C12H10N2O2/c1-2-6-14-7-10(11(16)8-15)9-4-3-5-13-12(9)14/h2-5,7-8H,1,6H2. The number of carbonyl (C=O) groups excluding carboxylic acids is 2. The van der Waals surface area contributed by atoms with Crippen LogP contribution in [0.25, 0.3) is 11.0 Å². The van der Waals surface area contributed by atoms with Gasteiger partial charge in [-0.15, -0.1) is 6.58 Å². The molecule has 0 fully saturated rings. The molecule has 0 aliphatic heterocycles. The van der Waals surface area contributed by atoms with E-state index in [2.05, 4.69) is 11.6 Å². The molecule has 2 heterocycles. The van der Waals surface area contributed by atoms with E-state index in [1.807, 2.05) is 0 Å². The van der Waals surface area contributed by atoms with Crippen LogP contribution in [0.1, 0.15) is 10.4 Å². The number of rotatable bonds is 4. The predicted molar refractivity (Wildman–Crippen MR) is 60.3 cm³/mol. The fourth-order valence-electron chi connectivity index (χ4n) is 1.66. The van der Waals surface area contributed by atoms with Gasteiger partial charge in [-0.1, -0.05) is 6.08 Å². The van der Waals surface area contributed by atoms with E-state index in [0.717, 1.165) is 0 Å². The van der Waals surface area contributed by atoms with Crippen molar-refractivity contribution in [2.45, 2.75) is 6.54 Å². The highest BCUT2D eigenvalue weighted by molar-refractivity contribution is 6.36. The molecule has 16 heavy (non-hydrogen) atoms. The summed E-state index contributed by atoms with van der Waals surface area (Å²) in [5.74, 6) is -0.527. The molecular formula is C12H10N2O2. The van der Waals surface area contributed by atoms with Gasteiger partial charge in [0.25, 0.3) is 0 Å². The van der Waals surface area contributed by atoms with E-state index in [1.54, 1.807) is 35.2 Å². The number of Topliss-reactive ketones (excluding diaryl/α,β-unsaturated/α-hetero) is 1. The quantitative estimate of drug-likeness (QED) is 0.336. The lowest BCUT2D eigenvalue weighted by atomic mass is 10.1. The molecule has 2 rings (SSSR count). The van der Waals surface area contributed by atoms with Gasteiger partial charge in [-0.2, -0.15) is 0 Å². The molecule has 4 nitrogen and oxygen atoms in total. The molecule has 80 valence electrons. The number of carbonyl (C=O) groups is 2. The average molecular weight is 214 g/mol. The Morgan fingerprint density at radius 2 is 2.38 bits per heavy atom. The average Bonchev–Trinajstić information content (AvgIpc) is 2.68. The maximum Gasteiger partial charge on any atom is 0.227 e. The molecule has 0 N–H and O–H groups in total. The van der Waals surface area contributed by atoms with Gasteiger partial charge >= 0.3 is 0 Å². The molecule has 2 aromatic rings. The first kappa shape index (κ1) is 10.3. The SMILES string of the molecule is C=CCn1cc(C(=O)C=O)c2cccnc21. The van der Waals surface area contributed by atoms with Crippen LogP contribution >= 0.6 is 0 Å². The number of allylic oxidation sites excluding steroid dienone is 1. The van der Waals surface area contributed by atoms with Crippen molar-refractivity contribution < 1.29 is 9.59 Å². The minimum absolute atomic E-state index is 0.319. The normalized spacial score (nSPS) is 10.2. The Morgan fingerprint density at radius 1 is 1.56 bits per heavy atom. The van der Waals surface area contributed by atoms with Crippen LogP contribution in [-0.4, -0.2) is 21.6 Å². The lowest BCUT2D eigenvalue weighted by Gasteiger charge is -1.97. The van der Waals surface area contributed by atoms with Crippen LogP contribution in [0.5, 0.6) is 0 Å². The maximum absolute atomic E-state index is 11.4. The Hall–Kier alpha value is -2.23. The molecule has 0 atom stereocenters. The largest absolute Gasteiger partial charge is 0.328 e. The number of aromatic nitrogens is 2. The van der Waals surface area contributed by atoms with Crippen molar-refractivity contribution in [1.82, 2.24) is 9.55 Å². The van der Waals surface area contributed by atoms with Crippen molar-refractivity contribution >= 4 is 23.1 Å². The molecular weight excluding hydrogens is 204 g/mol. The van der Waals surface area contributed by atoms with Crippen molar-refractivity contribution in [2.75, 3.05) is 0 Å². The highest BCUT2D eigenvalue weighted by Gasteiger charge is 2.13. The monoisotopic (exact) mass is 214 g/mol. The summed E-state index contributed by atoms with van der Waals surface area (Å²) < 4.78 is 1.79. The van der Waals surface area contributed by atoms with Gasteiger partial charge < -0.3 is 4.57 Å². The summed E-state index contributed by atoms with van der Waals surface area (Å²) in [4.78, 5) is 26.1. The van der Waals surface area contributed by atoms with Crippen LogP contribution < -0.4 is 0 Å². The highest BCUT2D eigenvalue weighted by atomic mass is 16.2. The second kappa shape index (κ2) is 4.10. The summed E-state index contributed by atoms with van der Waals surface area (Å²) in [6, 6.07) is 3.51. The molecule has 0 saturated heterocycles. The van der Waals surface area contributed by atoms with Crippen LogP contribution in [0, 0.1) is 0 Å². The first-order valence-corrected chi connectivity index (χ1v) is 4.82. The zero-order valence-electron chi connectivity index (χ0n) is 8.59. The number of nitrogens with zero attached hydrogens (tertiary/aromatic N) is 2. The van der Waals surface area contributed by atoms with Gasteiger partial charge in [0.1, 0.15) is 5.65 Å². The van der Waals surface area contributed by atoms with Crippen molar-refractivity contribution in [2.24, 2.45) is 0 Å². The van der Waals surface area contributed by atoms with E-state index in [-0.39, 0.29) is 0 Å². The summed E-state index contributed by atoms with van der Waals surface area (Å²) in [6.45, 7) is 4.19. The third-order valence-corrected chi connectivity index (χ3v) is 2.33. The summed E-state index contributed by atoms with van der Waals surface area (Å²) in [6.07, 6.45) is 5.32. The van der Waals surface area contributed by atoms with Gasteiger partial charge in [-0.05, 0) is 12.1 Å². The first-order valence-electron chi connectivity index (χ1n) is 4.82. The number of pyridine rings is 1. The van der Waals surface area contributed by atoms with Gasteiger partial charge in [0, 0.05) is 24.3 Å². The third-order valence-electron chi connectivity index (χ3n) is 2.33. The summed E-state index contributed by atoms with van der Waals surface area (Å²) in [5.41, 5.74) is 1.08. The van der Waals surface area contributed by atoms with Crippen LogP contribution in [0.3, 0.4) is 0 Å². The van der Waals surface area contributed by atoms with Gasteiger partial charge in [-0.25, -0.2) is 4.98 Å². The zero-order valence-corrected chi connectivity index (χ0v) is 8.59. The number of aldehydes is 1. The molecule has 0 radical (unpaired) electrons. The Balaban J connectivity index is 2.70. The van der Waals surface area contributed by atoms with Crippen molar-refractivity contribution in [3.05, 3.63) is 42.7 Å². The Labute approximate surface area is 92.2 Å². The van der Waals surface area contributed by atoms with Gasteiger partial charge in [-0.3, -0.25) is 9.59 Å². The number of hydrogen-bond acceptors (Lipinski definition) is 3. The second-order valence-corrected chi connectivity index (χ2v) is 3.34. The summed E-state index contributed by atoms with van der Waals surface area (Å²) in [5, 5.41) is 0.696. The van der Waals surface area contributed by atoms with E-state index in [1.165, 1.54) is 0 Å². The zero-order chi connectivity index (χ0) is 11.5. The molecule has 0 spiro atoms. The molecule has 0 aliphatic rings. The van der Waals surface area contributed by atoms with E-state index in [9.17, 15) is 9.59 Å². The van der Waals surface area contributed by atoms with E-state index in [0.29, 0.717) is 29.4 Å². The molecule has 0 amide bonds. The van der Waals surface area contributed by atoms with Crippen molar-refractivity contribution in [1.29, 1.82) is 0 Å². The summed E-state index contributed by atoms with van der Waals surface area (Å²) in [7, 11) is 0. The van der Waals surface area contributed by atoms with Gasteiger partial charge in [0.2, 0.25) is 5.78 Å². The molecule has 4 heteroatoms. The summed E-state index contributed by atoms with van der Waals surface area (Å²) >= 11 is 0.